The van der Waals surface area contributed by atoms with Gasteiger partial charge in [-0.2, -0.15) is 5.10 Å². The molecule has 150 valence electrons. The highest BCUT2D eigenvalue weighted by molar-refractivity contribution is 6.34. The molecule has 8 heteroatoms. The first kappa shape index (κ1) is 20.5. The molecule has 29 heavy (non-hydrogen) atoms. The number of carbonyl (C=O) groups is 2. The molecule has 7 nitrogen and oxygen atoms in total. The summed E-state index contributed by atoms with van der Waals surface area (Å²) < 4.78 is 1.46. The summed E-state index contributed by atoms with van der Waals surface area (Å²) in [6.07, 6.45) is 1.19. The van der Waals surface area contributed by atoms with Crippen LogP contribution in [0.1, 0.15) is 24.2 Å². The second-order valence-electron chi connectivity index (χ2n) is 6.40. The van der Waals surface area contributed by atoms with Crippen LogP contribution in [0.25, 0.3) is 10.9 Å². The smallest absolute Gasteiger partial charge is 0.255 e. The van der Waals surface area contributed by atoms with Gasteiger partial charge >= 0.3 is 0 Å². The van der Waals surface area contributed by atoms with E-state index < -0.39 is 0 Å². The zero-order chi connectivity index (χ0) is 21.0. The third-order valence-electron chi connectivity index (χ3n) is 4.59. The van der Waals surface area contributed by atoms with E-state index in [-0.39, 0.29) is 28.8 Å². The van der Waals surface area contributed by atoms with Crippen molar-refractivity contribution < 1.29 is 9.59 Å². The molecule has 0 aliphatic rings. The standard InChI is InChI=1S/C21H21ClN4O3/c1-3-25(4-2)21(29)15-10-9-14(11-17(15)22)24-20(28)13-26-18-8-6-5-7-16(18)19(27)12-23-26/h5-12H,3-4,13H2,1-2H3,(H,24,28). The van der Waals surface area contributed by atoms with Gasteiger partial charge in [0.1, 0.15) is 6.54 Å². The SMILES string of the molecule is CCN(CC)C(=O)c1ccc(NC(=O)Cn2ncc(=O)c3ccccc32)cc1Cl. The Morgan fingerprint density at radius 3 is 2.55 bits per heavy atom. The van der Waals surface area contributed by atoms with Gasteiger partial charge in [-0.3, -0.25) is 19.1 Å². The van der Waals surface area contributed by atoms with Crippen LogP contribution in [-0.2, 0) is 11.3 Å². The van der Waals surface area contributed by atoms with Gasteiger partial charge in [0.2, 0.25) is 11.3 Å². The highest BCUT2D eigenvalue weighted by atomic mass is 35.5. The molecular formula is C21H21ClN4O3. The summed E-state index contributed by atoms with van der Waals surface area (Å²) in [5.41, 5.74) is 1.24. The largest absolute Gasteiger partial charge is 0.339 e. The number of halogens is 1. The molecule has 2 aromatic carbocycles. The van der Waals surface area contributed by atoms with Gasteiger partial charge in [0, 0.05) is 24.2 Å². The van der Waals surface area contributed by atoms with Crippen LogP contribution in [-0.4, -0.2) is 39.6 Å². The van der Waals surface area contributed by atoms with E-state index in [4.69, 9.17) is 11.6 Å². The van der Waals surface area contributed by atoms with Crippen molar-refractivity contribution >= 4 is 40.0 Å². The maximum Gasteiger partial charge on any atom is 0.255 e. The fourth-order valence-corrected chi connectivity index (χ4v) is 3.33. The Bertz CT molecular complexity index is 1120. The lowest BCUT2D eigenvalue weighted by atomic mass is 10.1. The first-order chi connectivity index (χ1) is 13.9. The first-order valence-electron chi connectivity index (χ1n) is 9.28. The predicted molar refractivity (Wildman–Crippen MR) is 113 cm³/mol. The number of aromatic nitrogens is 2. The van der Waals surface area contributed by atoms with Crippen LogP contribution >= 0.6 is 11.6 Å². The average molecular weight is 413 g/mol. The lowest BCUT2D eigenvalue weighted by molar-refractivity contribution is -0.116. The van der Waals surface area contributed by atoms with E-state index in [2.05, 4.69) is 10.4 Å². The molecule has 0 fully saturated rings. The number of carbonyl (C=O) groups excluding carboxylic acids is 2. The number of benzene rings is 2. The second kappa shape index (κ2) is 8.87. The summed E-state index contributed by atoms with van der Waals surface area (Å²) in [6, 6.07) is 11.8. The van der Waals surface area contributed by atoms with Gasteiger partial charge in [-0.15, -0.1) is 0 Å². The highest BCUT2D eigenvalue weighted by Crippen LogP contribution is 2.22. The number of fused-ring (bicyclic) bond motifs is 1. The minimum absolute atomic E-state index is 0.0709. The molecule has 0 atom stereocenters. The van der Waals surface area contributed by atoms with Gasteiger partial charge in [0.05, 0.1) is 22.3 Å². The minimum atomic E-state index is -0.329. The van der Waals surface area contributed by atoms with Gasteiger partial charge in [0.15, 0.2) is 0 Å². The average Bonchev–Trinajstić information content (AvgIpc) is 2.71. The molecule has 0 aliphatic carbocycles. The van der Waals surface area contributed by atoms with Crippen molar-refractivity contribution in [2.75, 3.05) is 18.4 Å². The fraction of sp³-hybridized carbons (Fsp3) is 0.238. The van der Waals surface area contributed by atoms with Gasteiger partial charge in [-0.05, 0) is 44.2 Å². The Kier molecular flexibility index (Phi) is 6.29. The summed E-state index contributed by atoms with van der Waals surface area (Å²) in [6.45, 7) is 4.91. The van der Waals surface area contributed by atoms with Crippen LogP contribution in [0, 0.1) is 0 Å². The Balaban J connectivity index is 1.77. The third-order valence-corrected chi connectivity index (χ3v) is 4.90. The summed E-state index contributed by atoms with van der Waals surface area (Å²) in [5, 5.41) is 7.56. The van der Waals surface area contributed by atoms with E-state index in [9.17, 15) is 14.4 Å². The number of nitrogens with one attached hydrogen (secondary N) is 1. The van der Waals surface area contributed by atoms with E-state index in [0.717, 1.165) is 0 Å². The van der Waals surface area contributed by atoms with Crippen molar-refractivity contribution in [2.24, 2.45) is 0 Å². The van der Waals surface area contributed by atoms with Crippen LogP contribution in [0.15, 0.2) is 53.5 Å². The van der Waals surface area contributed by atoms with E-state index in [1.165, 1.54) is 10.9 Å². The Morgan fingerprint density at radius 2 is 1.86 bits per heavy atom. The molecule has 0 bridgehead atoms. The van der Waals surface area contributed by atoms with Crippen LogP contribution < -0.4 is 10.7 Å². The van der Waals surface area contributed by atoms with Gasteiger partial charge in [0.25, 0.3) is 5.91 Å². The Labute approximate surface area is 172 Å². The van der Waals surface area contributed by atoms with Crippen LogP contribution in [0.3, 0.4) is 0 Å². The van der Waals surface area contributed by atoms with Gasteiger partial charge in [-0.25, -0.2) is 0 Å². The molecule has 0 saturated carbocycles. The molecule has 0 aliphatic heterocycles. The van der Waals surface area contributed by atoms with E-state index in [0.29, 0.717) is 35.2 Å². The number of hydrogen-bond acceptors (Lipinski definition) is 4. The van der Waals surface area contributed by atoms with Crippen molar-refractivity contribution in [2.45, 2.75) is 20.4 Å². The van der Waals surface area contributed by atoms with Crippen molar-refractivity contribution in [3.63, 3.8) is 0 Å². The van der Waals surface area contributed by atoms with Crippen LogP contribution in [0.2, 0.25) is 5.02 Å². The van der Waals surface area contributed by atoms with Gasteiger partial charge < -0.3 is 10.2 Å². The third kappa shape index (κ3) is 4.46. The van der Waals surface area contributed by atoms with Crippen molar-refractivity contribution in [3.05, 3.63) is 69.5 Å². The lowest BCUT2D eigenvalue weighted by Gasteiger charge is -2.19. The summed E-state index contributed by atoms with van der Waals surface area (Å²) >= 11 is 6.27. The summed E-state index contributed by atoms with van der Waals surface area (Å²) in [7, 11) is 0. The molecule has 1 heterocycles. The normalized spacial score (nSPS) is 10.7. The zero-order valence-corrected chi connectivity index (χ0v) is 16.9. The van der Waals surface area contributed by atoms with Crippen molar-refractivity contribution in [1.29, 1.82) is 0 Å². The van der Waals surface area contributed by atoms with E-state index >= 15 is 0 Å². The molecule has 0 unspecified atom stereocenters. The number of nitrogens with zero attached hydrogens (tertiary/aromatic N) is 3. The number of anilines is 1. The van der Waals surface area contributed by atoms with E-state index in [1.807, 2.05) is 13.8 Å². The predicted octanol–water partition coefficient (Wildman–Crippen LogP) is 3.17. The Hall–Kier alpha value is -3.19. The molecule has 1 aromatic heterocycles. The second-order valence-corrected chi connectivity index (χ2v) is 6.81. The number of amides is 2. The lowest BCUT2D eigenvalue weighted by Crippen LogP contribution is -2.30. The zero-order valence-electron chi connectivity index (χ0n) is 16.2. The molecule has 1 N–H and O–H groups in total. The maximum atomic E-state index is 12.5. The molecular weight excluding hydrogens is 392 g/mol. The number of rotatable bonds is 6. The van der Waals surface area contributed by atoms with Gasteiger partial charge in [-0.1, -0.05) is 23.7 Å². The molecule has 3 aromatic rings. The molecule has 2 amide bonds. The summed E-state index contributed by atoms with van der Waals surface area (Å²) in [5.74, 6) is -0.480. The van der Waals surface area contributed by atoms with Crippen molar-refractivity contribution in [1.82, 2.24) is 14.7 Å². The van der Waals surface area contributed by atoms with Crippen LogP contribution in [0.5, 0.6) is 0 Å². The van der Waals surface area contributed by atoms with Crippen molar-refractivity contribution in [3.8, 4) is 0 Å². The molecule has 0 radical (unpaired) electrons. The molecule has 0 saturated heterocycles. The fourth-order valence-electron chi connectivity index (χ4n) is 3.07. The summed E-state index contributed by atoms with van der Waals surface area (Å²) in [4.78, 5) is 38.5. The quantitative estimate of drug-likeness (QED) is 0.674. The Morgan fingerprint density at radius 1 is 1.14 bits per heavy atom. The van der Waals surface area contributed by atoms with E-state index in [1.54, 1.807) is 47.4 Å². The monoisotopic (exact) mass is 412 g/mol. The first-order valence-corrected chi connectivity index (χ1v) is 9.66. The number of para-hydroxylation sites is 1. The topological polar surface area (TPSA) is 84.3 Å². The molecule has 0 spiro atoms. The highest BCUT2D eigenvalue weighted by Gasteiger charge is 2.16. The number of hydrogen-bond donors (Lipinski definition) is 1. The molecule has 3 rings (SSSR count). The minimum Gasteiger partial charge on any atom is -0.339 e. The maximum absolute atomic E-state index is 12.5. The van der Waals surface area contributed by atoms with Crippen LogP contribution in [0.4, 0.5) is 5.69 Å².